The summed E-state index contributed by atoms with van der Waals surface area (Å²) in [6.07, 6.45) is 0. The van der Waals surface area contributed by atoms with Gasteiger partial charge >= 0.3 is 0 Å². The molecule has 0 aromatic heterocycles. The molecule has 1 aromatic rings. The number of carbonyl (C=O) groups is 1. The molecule has 0 aliphatic carbocycles. The van der Waals surface area contributed by atoms with Crippen molar-refractivity contribution in [3.05, 3.63) is 23.2 Å². The van der Waals surface area contributed by atoms with Gasteiger partial charge in [-0.3, -0.25) is 9.69 Å². The van der Waals surface area contributed by atoms with Crippen LogP contribution in [0.15, 0.2) is 18.2 Å². The highest BCUT2D eigenvalue weighted by molar-refractivity contribution is 6.34. The Morgan fingerprint density at radius 3 is 2.95 bits per heavy atom. The minimum atomic E-state index is -0.211. The first-order valence-corrected chi connectivity index (χ1v) is 6.95. The number of benzene rings is 1. The van der Waals surface area contributed by atoms with E-state index < -0.39 is 0 Å². The third kappa shape index (κ3) is 4.10. The number of halogens is 1. The fourth-order valence-electron chi connectivity index (χ4n) is 2.27. The number of morpholine rings is 1. The maximum atomic E-state index is 12.0. The number of anilines is 2. The molecule has 2 rings (SSSR count). The first-order valence-electron chi connectivity index (χ1n) is 6.57. The summed E-state index contributed by atoms with van der Waals surface area (Å²) in [5, 5.41) is 3.25. The number of amides is 1. The van der Waals surface area contributed by atoms with Crippen molar-refractivity contribution in [2.45, 2.75) is 19.4 Å². The fourth-order valence-corrected chi connectivity index (χ4v) is 2.51. The molecule has 0 saturated carbocycles. The highest BCUT2D eigenvalue weighted by Gasteiger charge is 2.28. The smallest absolute Gasteiger partial charge is 0.238 e. The first kappa shape index (κ1) is 15.1. The number of ether oxygens (including phenoxy) is 1. The van der Waals surface area contributed by atoms with Crippen molar-refractivity contribution >= 4 is 28.9 Å². The molecular formula is C14H20ClN3O2. The summed E-state index contributed by atoms with van der Waals surface area (Å²) in [7, 11) is 0. The lowest BCUT2D eigenvalue weighted by Crippen LogP contribution is -2.50. The lowest BCUT2D eigenvalue weighted by molar-refractivity contribution is -0.122. The average molecular weight is 298 g/mol. The fraction of sp³-hybridized carbons (Fsp3) is 0.500. The second-order valence-corrected chi connectivity index (χ2v) is 6.01. The second-order valence-electron chi connectivity index (χ2n) is 5.61. The monoisotopic (exact) mass is 297 g/mol. The largest absolute Gasteiger partial charge is 0.399 e. The zero-order valence-electron chi connectivity index (χ0n) is 11.8. The minimum Gasteiger partial charge on any atom is -0.399 e. The van der Waals surface area contributed by atoms with Crippen LogP contribution >= 0.6 is 11.6 Å². The Balaban J connectivity index is 1.92. The Labute approximate surface area is 124 Å². The van der Waals surface area contributed by atoms with Gasteiger partial charge in [0.25, 0.3) is 0 Å². The van der Waals surface area contributed by atoms with Crippen LogP contribution in [-0.2, 0) is 9.53 Å². The number of nitrogens with two attached hydrogens (primary N) is 1. The van der Waals surface area contributed by atoms with Crippen LogP contribution in [0.3, 0.4) is 0 Å². The summed E-state index contributed by atoms with van der Waals surface area (Å²) in [6.45, 7) is 6.50. The van der Waals surface area contributed by atoms with Gasteiger partial charge in [-0.25, -0.2) is 0 Å². The van der Waals surface area contributed by atoms with E-state index in [2.05, 4.69) is 10.2 Å². The Kier molecular flexibility index (Phi) is 4.52. The van der Waals surface area contributed by atoms with Gasteiger partial charge < -0.3 is 15.8 Å². The van der Waals surface area contributed by atoms with E-state index in [0.717, 1.165) is 13.1 Å². The Morgan fingerprint density at radius 1 is 1.55 bits per heavy atom. The van der Waals surface area contributed by atoms with Crippen LogP contribution in [0.2, 0.25) is 5.02 Å². The molecule has 5 nitrogen and oxygen atoms in total. The summed E-state index contributed by atoms with van der Waals surface area (Å²) >= 11 is 6.03. The van der Waals surface area contributed by atoms with E-state index in [1.807, 2.05) is 13.8 Å². The molecule has 0 unspecified atom stereocenters. The molecule has 1 heterocycles. The van der Waals surface area contributed by atoms with Crippen molar-refractivity contribution in [1.82, 2.24) is 4.90 Å². The summed E-state index contributed by atoms with van der Waals surface area (Å²) in [6, 6.07) is 5.03. The van der Waals surface area contributed by atoms with Crippen molar-refractivity contribution in [2.24, 2.45) is 0 Å². The molecule has 1 aliphatic heterocycles. The number of hydrogen-bond donors (Lipinski definition) is 2. The van der Waals surface area contributed by atoms with Gasteiger partial charge in [0.1, 0.15) is 0 Å². The normalized spacial score (nSPS) is 18.8. The van der Waals surface area contributed by atoms with Crippen LogP contribution in [0.5, 0.6) is 0 Å². The standard InChI is InChI=1S/C14H20ClN3O2/c1-14(2)9-18(5-6-20-14)8-13(19)17-12-4-3-10(16)7-11(12)15/h3-4,7H,5-6,8-9,16H2,1-2H3,(H,17,19). The van der Waals surface area contributed by atoms with Gasteiger partial charge in [-0.1, -0.05) is 11.6 Å². The van der Waals surface area contributed by atoms with E-state index in [0.29, 0.717) is 29.5 Å². The highest BCUT2D eigenvalue weighted by atomic mass is 35.5. The van der Waals surface area contributed by atoms with E-state index in [9.17, 15) is 4.79 Å². The first-order chi connectivity index (χ1) is 9.35. The van der Waals surface area contributed by atoms with E-state index >= 15 is 0 Å². The zero-order valence-corrected chi connectivity index (χ0v) is 12.5. The van der Waals surface area contributed by atoms with Crippen molar-refractivity contribution in [1.29, 1.82) is 0 Å². The number of nitrogen functional groups attached to an aromatic ring is 1. The summed E-state index contributed by atoms with van der Waals surface area (Å²) in [5.41, 5.74) is 6.56. The van der Waals surface area contributed by atoms with Crippen LogP contribution in [-0.4, -0.2) is 42.6 Å². The van der Waals surface area contributed by atoms with Gasteiger partial charge in [-0.05, 0) is 32.0 Å². The van der Waals surface area contributed by atoms with Gasteiger partial charge in [0.2, 0.25) is 5.91 Å². The average Bonchev–Trinajstić information content (AvgIpc) is 2.31. The topological polar surface area (TPSA) is 67.6 Å². The molecule has 1 aromatic carbocycles. The van der Waals surface area contributed by atoms with Gasteiger partial charge in [0, 0.05) is 18.8 Å². The lowest BCUT2D eigenvalue weighted by atomic mass is 10.1. The molecule has 0 bridgehead atoms. The minimum absolute atomic E-state index is 0.0885. The SMILES string of the molecule is CC1(C)CN(CC(=O)Nc2ccc(N)cc2Cl)CCO1. The third-order valence-corrected chi connectivity index (χ3v) is 3.45. The lowest BCUT2D eigenvalue weighted by Gasteiger charge is -2.37. The quantitative estimate of drug-likeness (QED) is 0.837. The number of hydrogen-bond acceptors (Lipinski definition) is 4. The van der Waals surface area contributed by atoms with E-state index in [-0.39, 0.29) is 11.5 Å². The third-order valence-electron chi connectivity index (χ3n) is 3.14. The molecule has 1 fully saturated rings. The van der Waals surface area contributed by atoms with Gasteiger partial charge in [0.15, 0.2) is 0 Å². The molecular weight excluding hydrogens is 278 g/mol. The number of nitrogens with one attached hydrogen (secondary N) is 1. The van der Waals surface area contributed by atoms with Gasteiger partial charge in [-0.15, -0.1) is 0 Å². The predicted molar refractivity (Wildman–Crippen MR) is 81.0 cm³/mol. The summed E-state index contributed by atoms with van der Waals surface area (Å²) in [4.78, 5) is 14.1. The molecule has 3 N–H and O–H groups in total. The molecule has 1 aliphatic rings. The van der Waals surface area contributed by atoms with Crippen LogP contribution < -0.4 is 11.1 Å². The van der Waals surface area contributed by atoms with Gasteiger partial charge in [-0.2, -0.15) is 0 Å². The van der Waals surface area contributed by atoms with E-state index in [1.165, 1.54) is 0 Å². The molecule has 20 heavy (non-hydrogen) atoms. The van der Waals surface area contributed by atoms with Gasteiger partial charge in [0.05, 0.1) is 29.5 Å². The number of nitrogens with zero attached hydrogens (tertiary/aromatic N) is 1. The molecule has 6 heteroatoms. The molecule has 0 atom stereocenters. The summed E-state index contributed by atoms with van der Waals surface area (Å²) in [5.74, 6) is -0.0885. The van der Waals surface area contributed by atoms with Crippen LogP contribution in [0, 0.1) is 0 Å². The molecule has 1 amide bonds. The predicted octanol–water partition coefficient (Wildman–Crippen LogP) is 1.97. The maximum absolute atomic E-state index is 12.0. The molecule has 1 saturated heterocycles. The second kappa shape index (κ2) is 5.99. The molecule has 110 valence electrons. The number of rotatable bonds is 3. The van der Waals surface area contributed by atoms with Crippen molar-refractivity contribution in [3.63, 3.8) is 0 Å². The van der Waals surface area contributed by atoms with Crippen molar-refractivity contribution in [3.8, 4) is 0 Å². The maximum Gasteiger partial charge on any atom is 0.238 e. The van der Waals surface area contributed by atoms with Crippen LogP contribution in [0.25, 0.3) is 0 Å². The Hall–Kier alpha value is -1.30. The molecule has 0 spiro atoms. The van der Waals surface area contributed by atoms with Crippen LogP contribution in [0.1, 0.15) is 13.8 Å². The molecule has 0 radical (unpaired) electrons. The number of carbonyl (C=O) groups excluding carboxylic acids is 1. The van der Waals surface area contributed by atoms with E-state index in [1.54, 1.807) is 18.2 Å². The van der Waals surface area contributed by atoms with Crippen molar-refractivity contribution in [2.75, 3.05) is 37.3 Å². The Morgan fingerprint density at radius 2 is 2.30 bits per heavy atom. The Bertz CT molecular complexity index is 505. The van der Waals surface area contributed by atoms with E-state index in [4.69, 9.17) is 22.1 Å². The summed E-state index contributed by atoms with van der Waals surface area (Å²) < 4.78 is 5.62. The van der Waals surface area contributed by atoms with Crippen molar-refractivity contribution < 1.29 is 9.53 Å². The highest BCUT2D eigenvalue weighted by Crippen LogP contribution is 2.24. The zero-order chi connectivity index (χ0) is 14.8. The van der Waals surface area contributed by atoms with Crippen LogP contribution in [0.4, 0.5) is 11.4 Å².